The maximum absolute atomic E-state index is 8.94. The second kappa shape index (κ2) is 18.2. The minimum Gasteiger partial charge on any atom is -0.508 e. The molecule has 0 amide bonds. The summed E-state index contributed by atoms with van der Waals surface area (Å²) in [5.41, 5.74) is 2.59. The van der Waals surface area contributed by atoms with Crippen LogP contribution in [0.5, 0.6) is 11.5 Å². The zero-order valence-corrected chi connectivity index (χ0v) is 20.0. The van der Waals surface area contributed by atoms with Crippen molar-refractivity contribution in [1.29, 1.82) is 0 Å². The van der Waals surface area contributed by atoms with Crippen LogP contribution in [0.4, 0.5) is 0 Å². The molecule has 0 spiro atoms. The molecule has 0 bridgehead atoms. The van der Waals surface area contributed by atoms with Gasteiger partial charge in [-0.25, -0.2) is 0 Å². The lowest BCUT2D eigenvalue weighted by Crippen LogP contribution is -2.03. The molecule has 0 fully saturated rings. The first-order chi connectivity index (χ1) is 14.8. The maximum Gasteiger partial charge on any atom is 0.122 e. The number of rotatable bonds is 10. The molecular formula is C26H37ClO4. The molecule has 0 heterocycles. The van der Waals surface area contributed by atoms with E-state index in [1.807, 2.05) is 24.3 Å². The summed E-state index contributed by atoms with van der Waals surface area (Å²) in [6.45, 7) is 17.0. The molecule has 0 aliphatic carbocycles. The summed E-state index contributed by atoms with van der Waals surface area (Å²) in [5, 5.41) is 8.94. The molecule has 0 saturated carbocycles. The normalized spacial score (nSPS) is 9.65. The highest BCUT2D eigenvalue weighted by Gasteiger charge is 1.99. The van der Waals surface area contributed by atoms with Crippen molar-refractivity contribution in [1.82, 2.24) is 0 Å². The quantitative estimate of drug-likeness (QED) is 0.236. The smallest absolute Gasteiger partial charge is 0.122 e. The minimum absolute atomic E-state index is 0.337. The predicted octanol–water partition coefficient (Wildman–Crippen LogP) is 7.25. The number of hydrogen-bond donors (Lipinski definition) is 1. The molecule has 31 heavy (non-hydrogen) atoms. The Kier molecular flexibility index (Phi) is 16.7. The molecule has 0 saturated heterocycles. The fourth-order valence-corrected chi connectivity index (χ4v) is 2.32. The molecule has 0 aliphatic heterocycles. The molecule has 0 aromatic heterocycles. The first-order valence-corrected chi connectivity index (χ1v) is 10.9. The van der Waals surface area contributed by atoms with Gasteiger partial charge in [0.05, 0.1) is 18.4 Å². The largest absolute Gasteiger partial charge is 0.508 e. The number of halogens is 1. The molecule has 1 N–H and O–H groups in total. The summed E-state index contributed by atoms with van der Waals surface area (Å²) < 4.78 is 15.0. The zero-order valence-electron chi connectivity index (χ0n) is 19.2. The van der Waals surface area contributed by atoms with E-state index in [9.17, 15) is 0 Å². The lowest BCUT2D eigenvalue weighted by molar-refractivity contribution is 0.179. The van der Waals surface area contributed by atoms with Gasteiger partial charge >= 0.3 is 0 Å². The van der Waals surface area contributed by atoms with Crippen molar-refractivity contribution < 1.29 is 19.3 Å². The van der Waals surface area contributed by atoms with E-state index in [0.29, 0.717) is 43.3 Å². The van der Waals surface area contributed by atoms with Gasteiger partial charge in [-0.2, -0.15) is 0 Å². The fourth-order valence-electron chi connectivity index (χ4n) is 2.23. The third-order valence-electron chi connectivity index (χ3n) is 4.01. The SMILES string of the molecule is C=COCCCl.C=COCCOc1ccc(C(C)C)cc1.CC(C)c1ccc(O)cc1. The van der Waals surface area contributed by atoms with Crippen LogP contribution in [0.2, 0.25) is 0 Å². The lowest BCUT2D eigenvalue weighted by Gasteiger charge is -2.08. The number of ether oxygens (including phenoxy) is 3. The van der Waals surface area contributed by atoms with Crippen molar-refractivity contribution in [3.63, 3.8) is 0 Å². The van der Waals surface area contributed by atoms with Crippen LogP contribution in [-0.4, -0.2) is 30.8 Å². The van der Waals surface area contributed by atoms with Gasteiger partial charge in [-0.3, -0.25) is 0 Å². The first-order valence-electron chi connectivity index (χ1n) is 10.4. The van der Waals surface area contributed by atoms with E-state index in [4.69, 9.17) is 26.2 Å². The van der Waals surface area contributed by atoms with Crippen molar-refractivity contribution in [2.75, 3.05) is 25.7 Å². The molecule has 172 valence electrons. The Morgan fingerprint density at radius 1 is 0.774 bits per heavy atom. The lowest BCUT2D eigenvalue weighted by atomic mass is 10.0. The Morgan fingerprint density at radius 3 is 1.61 bits per heavy atom. The van der Waals surface area contributed by atoms with Gasteiger partial charge in [-0.1, -0.05) is 65.1 Å². The summed E-state index contributed by atoms with van der Waals surface area (Å²) >= 11 is 5.21. The monoisotopic (exact) mass is 448 g/mol. The molecule has 2 rings (SSSR count). The molecule has 0 atom stereocenters. The zero-order chi connectivity index (χ0) is 23.5. The average molecular weight is 449 g/mol. The number of phenolic OH excluding ortho intramolecular Hbond substituents is 1. The number of hydrogen-bond acceptors (Lipinski definition) is 4. The van der Waals surface area contributed by atoms with Crippen LogP contribution >= 0.6 is 11.6 Å². The van der Waals surface area contributed by atoms with E-state index in [1.165, 1.54) is 23.7 Å². The molecule has 4 nitrogen and oxygen atoms in total. The molecule has 0 aliphatic rings. The summed E-state index contributed by atoms with van der Waals surface area (Å²) in [6, 6.07) is 15.5. The van der Waals surface area contributed by atoms with Crippen LogP contribution in [0.25, 0.3) is 0 Å². The number of benzene rings is 2. The maximum atomic E-state index is 8.94. The van der Waals surface area contributed by atoms with Crippen molar-refractivity contribution in [3.8, 4) is 11.5 Å². The molecule has 2 aromatic rings. The fraction of sp³-hybridized carbons (Fsp3) is 0.385. The number of alkyl halides is 1. The highest BCUT2D eigenvalue weighted by atomic mass is 35.5. The van der Waals surface area contributed by atoms with Crippen LogP contribution in [0.15, 0.2) is 74.2 Å². The number of phenols is 1. The van der Waals surface area contributed by atoms with E-state index in [0.717, 1.165) is 5.75 Å². The summed E-state index contributed by atoms with van der Waals surface area (Å²) in [4.78, 5) is 0. The van der Waals surface area contributed by atoms with E-state index >= 15 is 0 Å². The van der Waals surface area contributed by atoms with Crippen LogP contribution in [0.1, 0.15) is 50.7 Å². The number of aromatic hydroxyl groups is 1. The van der Waals surface area contributed by atoms with Crippen molar-refractivity contribution in [2.45, 2.75) is 39.5 Å². The van der Waals surface area contributed by atoms with Crippen molar-refractivity contribution in [3.05, 3.63) is 85.3 Å². The molecule has 0 radical (unpaired) electrons. The van der Waals surface area contributed by atoms with Crippen LogP contribution in [-0.2, 0) is 9.47 Å². The topological polar surface area (TPSA) is 47.9 Å². The third-order valence-corrected chi connectivity index (χ3v) is 4.16. The molecule has 0 unspecified atom stereocenters. The van der Waals surface area contributed by atoms with Crippen molar-refractivity contribution >= 4 is 11.6 Å². The van der Waals surface area contributed by atoms with E-state index in [1.54, 1.807) is 12.1 Å². The van der Waals surface area contributed by atoms with Crippen molar-refractivity contribution in [2.24, 2.45) is 0 Å². The Labute approximate surface area is 193 Å². The highest BCUT2D eigenvalue weighted by molar-refractivity contribution is 6.17. The predicted molar refractivity (Wildman–Crippen MR) is 131 cm³/mol. The third kappa shape index (κ3) is 14.9. The van der Waals surface area contributed by atoms with Gasteiger partial charge in [0.1, 0.15) is 31.3 Å². The van der Waals surface area contributed by atoms with Gasteiger partial charge in [0.15, 0.2) is 0 Å². The summed E-state index contributed by atoms with van der Waals surface area (Å²) in [7, 11) is 0. The molecular weight excluding hydrogens is 412 g/mol. The van der Waals surface area contributed by atoms with Gasteiger partial charge in [0.2, 0.25) is 0 Å². The molecule has 5 heteroatoms. The van der Waals surface area contributed by atoms with Gasteiger partial charge in [0.25, 0.3) is 0 Å². The Balaban J connectivity index is 0.000000484. The van der Waals surface area contributed by atoms with Crippen LogP contribution < -0.4 is 4.74 Å². The van der Waals surface area contributed by atoms with Crippen LogP contribution in [0.3, 0.4) is 0 Å². The standard InChI is InChI=1S/C13H18O2.C9H12O.C4H7ClO/c1-4-14-9-10-15-13-7-5-12(6-8-13)11(2)3;1-7(2)8-3-5-9(10)6-4-8;1-2-6-4-3-5/h4-8,11H,1,9-10H2,2-3H3;3-7,10H,1-2H3;2H,1,3-4H2. The second-order valence-electron chi connectivity index (χ2n) is 7.08. The highest BCUT2D eigenvalue weighted by Crippen LogP contribution is 2.18. The van der Waals surface area contributed by atoms with Gasteiger partial charge in [0, 0.05) is 0 Å². The van der Waals surface area contributed by atoms with E-state index in [2.05, 4.69) is 57.7 Å². The van der Waals surface area contributed by atoms with Gasteiger partial charge in [-0.15, -0.1) is 11.6 Å². The Hall–Kier alpha value is -2.59. The summed E-state index contributed by atoms with van der Waals surface area (Å²) in [6.07, 6.45) is 2.80. The van der Waals surface area contributed by atoms with E-state index in [-0.39, 0.29) is 0 Å². The van der Waals surface area contributed by atoms with Crippen LogP contribution in [0, 0.1) is 0 Å². The van der Waals surface area contributed by atoms with Gasteiger partial charge < -0.3 is 19.3 Å². The first kappa shape index (κ1) is 28.4. The Morgan fingerprint density at radius 2 is 1.23 bits per heavy atom. The molecule has 2 aromatic carbocycles. The Bertz CT molecular complexity index is 694. The van der Waals surface area contributed by atoms with Gasteiger partial charge in [-0.05, 0) is 47.2 Å². The minimum atomic E-state index is 0.337. The second-order valence-corrected chi connectivity index (χ2v) is 7.46. The van der Waals surface area contributed by atoms with E-state index < -0.39 is 0 Å². The summed E-state index contributed by atoms with van der Waals surface area (Å²) in [5.74, 6) is 2.85. The average Bonchev–Trinajstić information content (AvgIpc) is 2.77.